The normalized spacial score (nSPS) is 12.4. The van der Waals surface area contributed by atoms with Gasteiger partial charge in [0.15, 0.2) is 0 Å². The van der Waals surface area contributed by atoms with Crippen LogP contribution < -0.4 is 10.5 Å². The Balaban J connectivity index is 1.98. The lowest BCUT2D eigenvalue weighted by Gasteiger charge is -1.99. The third-order valence-corrected chi connectivity index (χ3v) is 3.48. The monoisotopic (exact) mass is 300 g/mol. The summed E-state index contributed by atoms with van der Waals surface area (Å²) in [6, 6.07) is 5.92. The number of aromatic amines is 1. The maximum absolute atomic E-state index is 5.86. The van der Waals surface area contributed by atoms with E-state index < -0.39 is 0 Å². The average Bonchev–Trinajstić information content (AvgIpc) is 2.94. The molecule has 5 heteroatoms. The van der Waals surface area contributed by atoms with Gasteiger partial charge in [0.05, 0.1) is 13.7 Å². The van der Waals surface area contributed by atoms with E-state index in [9.17, 15) is 0 Å². The quantitative estimate of drug-likeness (QED) is 0.446. The number of aromatic nitrogens is 1. The molecular weight excluding hydrogens is 276 g/mol. The summed E-state index contributed by atoms with van der Waals surface area (Å²) in [6.45, 7) is 3.40. The Morgan fingerprint density at radius 2 is 2.23 bits per heavy atom. The molecule has 0 saturated carbocycles. The summed E-state index contributed by atoms with van der Waals surface area (Å²) in [4.78, 5) is 11.9. The van der Waals surface area contributed by atoms with Gasteiger partial charge in [0.2, 0.25) is 0 Å². The summed E-state index contributed by atoms with van der Waals surface area (Å²) in [5.74, 6) is 1.42. The number of nitrogens with one attached hydrogen (secondary N) is 1. The van der Waals surface area contributed by atoms with Crippen LogP contribution in [0.4, 0.5) is 0 Å². The molecule has 0 amide bonds. The first-order valence-electron chi connectivity index (χ1n) is 7.68. The van der Waals surface area contributed by atoms with Crippen LogP contribution >= 0.6 is 0 Å². The van der Waals surface area contributed by atoms with Crippen LogP contribution in [0.25, 0.3) is 10.9 Å². The molecule has 2 rings (SSSR count). The third-order valence-electron chi connectivity index (χ3n) is 3.48. The molecular formula is C17H24N4O. The van der Waals surface area contributed by atoms with E-state index in [-0.39, 0.29) is 0 Å². The number of nitrogens with zero attached hydrogens (tertiary/aromatic N) is 2. The smallest absolute Gasteiger partial charge is 0.119 e. The van der Waals surface area contributed by atoms with Crippen LogP contribution in [-0.4, -0.2) is 37.2 Å². The van der Waals surface area contributed by atoms with Gasteiger partial charge in [0.25, 0.3) is 0 Å². The molecule has 1 aromatic heterocycles. The number of ether oxygens (including phenoxy) is 1. The number of hydrogen-bond donors (Lipinski definition) is 2. The van der Waals surface area contributed by atoms with Crippen LogP contribution in [0.15, 0.2) is 34.4 Å². The predicted molar refractivity (Wildman–Crippen MR) is 93.3 cm³/mol. The summed E-state index contributed by atoms with van der Waals surface area (Å²) < 4.78 is 5.26. The zero-order chi connectivity index (χ0) is 15.8. The van der Waals surface area contributed by atoms with E-state index in [1.165, 1.54) is 12.8 Å². The highest BCUT2D eigenvalue weighted by Crippen LogP contribution is 2.22. The second kappa shape index (κ2) is 8.22. The highest BCUT2D eigenvalue weighted by atomic mass is 16.5. The molecule has 0 unspecified atom stereocenters. The van der Waals surface area contributed by atoms with Crippen LogP contribution in [0.3, 0.4) is 0 Å². The number of benzene rings is 1. The van der Waals surface area contributed by atoms with E-state index in [4.69, 9.17) is 10.5 Å². The van der Waals surface area contributed by atoms with E-state index in [1.807, 2.05) is 30.6 Å². The van der Waals surface area contributed by atoms with Crippen molar-refractivity contribution < 1.29 is 4.74 Å². The summed E-state index contributed by atoms with van der Waals surface area (Å²) in [6.07, 6.45) is 7.23. The van der Waals surface area contributed by atoms with Crippen molar-refractivity contribution in [1.82, 2.24) is 4.98 Å². The Kier molecular flexibility index (Phi) is 6.01. The molecule has 0 saturated heterocycles. The van der Waals surface area contributed by atoms with Crippen LogP contribution in [0.1, 0.15) is 31.7 Å². The number of H-pyrrole nitrogens is 1. The lowest BCUT2D eigenvalue weighted by atomic mass is 10.2. The van der Waals surface area contributed by atoms with Crippen LogP contribution in [-0.2, 0) is 0 Å². The van der Waals surface area contributed by atoms with E-state index in [0.717, 1.165) is 35.2 Å². The Morgan fingerprint density at radius 1 is 1.36 bits per heavy atom. The lowest BCUT2D eigenvalue weighted by molar-refractivity contribution is 0.415. The maximum Gasteiger partial charge on any atom is 0.119 e. The molecule has 2 aromatic rings. The number of fused-ring (bicyclic) bond motifs is 1. The van der Waals surface area contributed by atoms with Gasteiger partial charge in [-0.05, 0) is 24.6 Å². The summed E-state index contributed by atoms with van der Waals surface area (Å²) in [5.41, 5.74) is 7.94. The average molecular weight is 300 g/mol. The summed E-state index contributed by atoms with van der Waals surface area (Å²) in [5, 5.41) is 1.08. The van der Waals surface area contributed by atoms with Gasteiger partial charge in [-0.2, -0.15) is 0 Å². The van der Waals surface area contributed by atoms with Crippen molar-refractivity contribution in [3.8, 4) is 5.75 Å². The van der Waals surface area contributed by atoms with Crippen molar-refractivity contribution >= 4 is 23.0 Å². The maximum atomic E-state index is 5.86. The van der Waals surface area contributed by atoms with Crippen molar-refractivity contribution in [1.29, 1.82) is 0 Å². The molecule has 5 nitrogen and oxygen atoms in total. The fourth-order valence-electron chi connectivity index (χ4n) is 2.23. The second-order valence-corrected chi connectivity index (χ2v) is 5.21. The summed E-state index contributed by atoms with van der Waals surface area (Å²) >= 11 is 0. The van der Waals surface area contributed by atoms with Crippen LogP contribution in [0, 0.1) is 0 Å². The minimum absolute atomic E-state index is 0.433. The van der Waals surface area contributed by atoms with Gasteiger partial charge < -0.3 is 15.5 Å². The van der Waals surface area contributed by atoms with Gasteiger partial charge >= 0.3 is 0 Å². The molecule has 0 bridgehead atoms. The number of unbranched alkanes of at least 4 members (excludes halogenated alkanes) is 2. The van der Waals surface area contributed by atoms with Gasteiger partial charge in [-0.25, -0.2) is 0 Å². The first-order chi connectivity index (χ1) is 10.7. The molecule has 0 spiro atoms. The fourth-order valence-corrected chi connectivity index (χ4v) is 2.23. The van der Waals surface area contributed by atoms with Gasteiger partial charge in [-0.15, -0.1) is 0 Å². The molecule has 0 aliphatic carbocycles. The Bertz CT molecular complexity index is 658. The summed E-state index contributed by atoms with van der Waals surface area (Å²) in [7, 11) is 1.66. The van der Waals surface area contributed by atoms with Gasteiger partial charge in [0, 0.05) is 35.4 Å². The van der Waals surface area contributed by atoms with Crippen molar-refractivity contribution in [2.24, 2.45) is 15.7 Å². The number of hydrogen-bond acceptors (Lipinski definition) is 3. The lowest BCUT2D eigenvalue weighted by Crippen LogP contribution is -2.16. The fraction of sp³-hybridized carbons (Fsp3) is 0.412. The number of rotatable bonds is 8. The molecule has 0 aliphatic heterocycles. The molecule has 22 heavy (non-hydrogen) atoms. The highest BCUT2D eigenvalue weighted by Gasteiger charge is 2.03. The third kappa shape index (κ3) is 4.35. The number of amidine groups is 1. The van der Waals surface area contributed by atoms with Crippen molar-refractivity contribution in [3.63, 3.8) is 0 Å². The second-order valence-electron chi connectivity index (χ2n) is 5.21. The van der Waals surface area contributed by atoms with Crippen molar-refractivity contribution in [2.45, 2.75) is 26.2 Å². The molecule has 1 aromatic carbocycles. The molecule has 0 aliphatic rings. The zero-order valence-corrected chi connectivity index (χ0v) is 13.3. The molecule has 118 valence electrons. The van der Waals surface area contributed by atoms with Gasteiger partial charge in [0.1, 0.15) is 11.6 Å². The zero-order valence-electron chi connectivity index (χ0n) is 13.3. The van der Waals surface area contributed by atoms with E-state index >= 15 is 0 Å². The van der Waals surface area contributed by atoms with E-state index in [2.05, 4.69) is 21.9 Å². The number of nitrogens with two attached hydrogens (primary N) is 1. The SMILES string of the molecule is CCCCCN=C(N)CN=Cc1c[nH]c2ccc(OC)cc12. The molecule has 3 N–H and O–H groups in total. The topological polar surface area (TPSA) is 75.8 Å². The molecule has 0 fully saturated rings. The first kappa shape index (κ1) is 16.1. The van der Waals surface area contributed by atoms with Crippen LogP contribution in [0.2, 0.25) is 0 Å². The van der Waals surface area contributed by atoms with Gasteiger partial charge in [-0.3, -0.25) is 9.98 Å². The molecule has 0 atom stereocenters. The molecule has 1 heterocycles. The standard InChI is InChI=1S/C17H24N4O/c1-3-4-5-8-20-17(18)12-19-10-13-11-21-16-7-6-14(22-2)9-15(13)16/h6-7,9-11,21H,3-5,8,12H2,1-2H3,(H2,18,20). The van der Waals surface area contributed by atoms with E-state index in [0.29, 0.717) is 12.4 Å². The van der Waals surface area contributed by atoms with Gasteiger partial charge in [-0.1, -0.05) is 19.8 Å². The largest absolute Gasteiger partial charge is 0.497 e. The van der Waals surface area contributed by atoms with Crippen molar-refractivity contribution in [2.75, 3.05) is 20.2 Å². The van der Waals surface area contributed by atoms with Crippen LogP contribution in [0.5, 0.6) is 5.75 Å². The van der Waals surface area contributed by atoms with Crippen molar-refractivity contribution in [3.05, 3.63) is 30.0 Å². The minimum atomic E-state index is 0.433. The Morgan fingerprint density at radius 3 is 3.00 bits per heavy atom. The predicted octanol–water partition coefficient (Wildman–Crippen LogP) is 3.14. The van der Waals surface area contributed by atoms with E-state index in [1.54, 1.807) is 7.11 Å². The Hall–Kier alpha value is -2.30. The Labute approximate surface area is 131 Å². The highest BCUT2D eigenvalue weighted by molar-refractivity contribution is 6.00. The molecule has 0 radical (unpaired) electrons. The number of aliphatic imine (C=N–C) groups is 2. The minimum Gasteiger partial charge on any atom is -0.497 e. The number of methoxy groups -OCH3 is 1. The first-order valence-corrected chi connectivity index (χ1v) is 7.68.